The third-order valence-electron chi connectivity index (χ3n) is 16.1. The molecule has 4 aliphatic rings. The van der Waals surface area contributed by atoms with E-state index in [0.29, 0.717) is 0 Å². The van der Waals surface area contributed by atoms with Gasteiger partial charge < -0.3 is 9.88 Å². The summed E-state index contributed by atoms with van der Waals surface area (Å²) in [5, 5.41) is 8.90. The highest BCUT2D eigenvalue weighted by atomic mass is 15.2. The van der Waals surface area contributed by atoms with E-state index >= 15 is 0 Å². The number of nitrogens with zero attached hydrogens (tertiary/aromatic N) is 3. The minimum absolute atomic E-state index is 0.0852. The Morgan fingerprint density at radius 1 is 0.471 bits per heavy atom. The van der Waals surface area contributed by atoms with Crippen LogP contribution in [-0.4, -0.2) is 16.2 Å². The van der Waals surface area contributed by atoms with Crippen molar-refractivity contribution in [1.29, 1.82) is 0 Å². The number of hydrogen-bond donors (Lipinski definition) is 1. The van der Waals surface area contributed by atoms with E-state index in [-0.39, 0.29) is 17.0 Å². The molecule has 10 aromatic rings. The second-order valence-corrected chi connectivity index (χ2v) is 20.8. The number of amidine groups is 2. The van der Waals surface area contributed by atoms with Crippen molar-refractivity contribution in [1.82, 2.24) is 9.88 Å². The van der Waals surface area contributed by atoms with Gasteiger partial charge in [-0.2, -0.15) is 0 Å². The lowest BCUT2D eigenvalue weighted by molar-refractivity contribution is 0.332. The predicted molar refractivity (Wildman–Crippen MR) is 282 cm³/mol. The first-order valence-electron chi connectivity index (χ1n) is 24.2. The molecule has 2 heterocycles. The van der Waals surface area contributed by atoms with E-state index in [2.05, 4.69) is 232 Å². The number of aliphatic imine (C=N–C) groups is 2. The van der Waals surface area contributed by atoms with Gasteiger partial charge in [0, 0.05) is 27.6 Å². The molecule has 9 aromatic carbocycles. The summed E-state index contributed by atoms with van der Waals surface area (Å²) < 4.78 is 2.49. The lowest BCUT2D eigenvalue weighted by Crippen LogP contribution is -2.33. The summed E-state index contributed by atoms with van der Waals surface area (Å²) >= 11 is 0. The highest BCUT2D eigenvalue weighted by molar-refractivity contribution is 6.17. The molecule has 1 N–H and O–H groups in total. The summed E-state index contributed by atoms with van der Waals surface area (Å²) in [4.78, 5) is 11.0. The molecule has 1 spiro atoms. The maximum Gasteiger partial charge on any atom is 0.160 e. The molecule has 0 amide bonds. The van der Waals surface area contributed by atoms with E-state index in [0.717, 1.165) is 34.0 Å². The molecule has 68 heavy (non-hydrogen) atoms. The molecule has 1 unspecified atom stereocenters. The molecule has 0 fully saturated rings. The van der Waals surface area contributed by atoms with E-state index in [1.807, 2.05) is 0 Å². The first kappa shape index (κ1) is 39.4. The molecule has 4 heteroatoms. The van der Waals surface area contributed by atoms with Gasteiger partial charge in [-0.3, -0.25) is 0 Å². The Labute approximate surface area is 397 Å². The van der Waals surface area contributed by atoms with Crippen molar-refractivity contribution in [2.75, 3.05) is 0 Å². The second-order valence-electron chi connectivity index (χ2n) is 20.8. The molecular weight excluding hydrogens is 825 g/mol. The van der Waals surface area contributed by atoms with E-state index in [1.165, 1.54) is 101 Å². The maximum atomic E-state index is 5.51. The zero-order chi connectivity index (χ0) is 45.5. The molecule has 1 aromatic heterocycles. The molecule has 1 aliphatic heterocycles. The summed E-state index contributed by atoms with van der Waals surface area (Å²) in [6.45, 7) is 9.70. The van der Waals surface area contributed by atoms with Gasteiger partial charge in [-0.1, -0.05) is 173 Å². The topological polar surface area (TPSA) is 41.7 Å². The Balaban J connectivity index is 0.942. The van der Waals surface area contributed by atoms with Crippen molar-refractivity contribution < 1.29 is 0 Å². The van der Waals surface area contributed by atoms with Crippen LogP contribution < -0.4 is 5.32 Å². The third-order valence-corrected chi connectivity index (χ3v) is 16.1. The lowest BCUT2D eigenvalue weighted by atomic mass is 9.63. The molecule has 326 valence electrons. The van der Waals surface area contributed by atoms with Crippen LogP contribution in [0.25, 0.3) is 60.5 Å². The summed E-state index contributed by atoms with van der Waals surface area (Å²) in [6.07, 6.45) is 2.01. The largest absolute Gasteiger partial charge is 0.344 e. The molecule has 0 radical (unpaired) electrons. The van der Waals surface area contributed by atoms with E-state index in [1.54, 1.807) is 0 Å². The number of benzene rings is 9. The highest BCUT2D eigenvalue weighted by Gasteiger charge is 2.52. The average molecular weight is 875 g/mol. The number of rotatable bonds is 4. The van der Waals surface area contributed by atoms with Crippen LogP contribution in [0.4, 0.5) is 0 Å². The van der Waals surface area contributed by atoms with Crippen LogP contribution in [0.2, 0.25) is 0 Å². The minimum Gasteiger partial charge on any atom is -0.344 e. The summed E-state index contributed by atoms with van der Waals surface area (Å²) in [7, 11) is 0. The molecule has 4 nitrogen and oxygen atoms in total. The number of hydrogen-bond acceptors (Lipinski definition) is 3. The highest BCUT2D eigenvalue weighted by Crippen LogP contribution is 2.63. The summed E-state index contributed by atoms with van der Waals surface area (Å²) in [5.41, 5.74) is 19.7. The Morgan fingerprint density at radius 2 is 1.00 bits per heavy atom. The first-order chi connectivity index (χ1) is 33.2. The molecule has 0 bridgehead atoms. The predicted octanol–water partition coefficient (Wildman–Crippen LogP) is 15.1. The molecule has 3 aliphatic carbocycles. The quantitative estimate of drug-likeness (QED) is 0.188. The Morgan fingerprint density at radius 3 is 1.69 bits per heavy atom. The average Bonchev–Trinajstić information content (AvgIpc) is 3.98. The van der Waals surface area contributed by atoms with Crippen LogP contribution in [-0.2, 0) is 16.2 Å². The second kappa shape index (κ2) is 14.1. The van der Waals surface area contributed by atoms with Gasteiger partial charge in [-0.05, 0) is 144 Å². The van der Waals surface area contributed by atoms with E-state index < -0.39 is 5.41 Å². The minimum atomic E-state index is -0.450. The van der Waals surface area contributed by atoms with Gasteiger partial charge in [0.15, 0.2) is 5.84 Å². The molecule has 0 saturated carbocycles. The lowest BCUT2D eigenvalue weighted by Gasteiger charge is -2.42. The van der Waals surface area contributed by atoms with Crippen LogP contribution >= 0.6 is 0 Å². The van der Waals surface area contributed by atoms with Gasteiger partial charge in [0.1, 0.15) is 12.0 Å². The van der Waals surface area contributed by atoms with Crippen LogP contribution in [0, 0.1) is 0 Å². The number of nitrogens with one attached hydrogen (secondary N) is 1. The molecular formula is C64H50N4. The van der Waals surface area contributed by atoms with E-state index in [4.69, 9.17) is 9.98 Å². The van der Waals surface area contributed by atoms with Gasteiger partial charge in [0.05, 0.1) is 16.4 Å². The number of fused-ring (bicyclic) bond motifs is 15. The SMILES string of the molecule is CC1(C)CCC(C)(C)c2cc3c(cc21)c1cc2ccccc2cc1n3-c1ccc(C2=NC(c3cccc4c3-c3ccccc3C43c4ccccc4-c4ccccc43)=NC(c3ccccc3)N2)cc1. The number of aromatic nitrogens is 1. The molecule has 14 rings (SSSR count). The van der Waals surface area contributed by atoms with Crippen LogP contribution in [0.5, 0.6) is 0 Å². The third kappa shape index (κ3) is 5.43. The Hall–Kier alpha value is -7.82. The van der Waals surface area contributed by atoms with Crippen LogP contribution in [0.15, 0.2) is 204 Å². The zero-order valence-electron chi connectivity index (χ0n) is 38.8. The maximum absolute atomic E-state index is 5.51. The Bertz CT molecular complexity index is 3780. The zero-order valence-corrected chi connectivity index (χ0v) is 38.8. The van der Waals surface area contributed by atoms with Gasteiger partial charge >= 0.3 is 0 Å². The van der Waals surface area contributed by atoms with Crippen molar-refractivity contribution in [2.45, 2.75) is 62.9 Å². The van der Waals surface area contributed by atoms with Gasteiger partial charge in [0.2, 0.25) is 0 Å². The fourth-order valence-electron chi connectivity index (χ4n) is 12.7. The van der Waals surface area contributed by atoms with Crippen molar-refractivity contribution in [2.24, 2.45) is 9.98 Å². The molecule has 0 saturated heterocycles. The Kier molecular flexibility index (Phi) is 8.16. The van der Waals surface area contributed by atoms with Crippen molar-refractivity contribution in [3.05, 3.63) is 244 Å². The monoisotopic (exact) mass is 874 g/mol. The summed E-state index contributed by atoms with van der Waals surface area (Å²) in [6, 6.07) is 71.9. The van der Waals surface area contributed by atoms with Gasteiger partial charge in [-0.25, -0.2) is 9.98 Å². The summed E-state index contributed by atoms with van der Waals surface area (Å²) in [5.74, 6) is 1.53. The van der Waals surface area contributed by atoms with Crippen LogP contribution in [0.1, 0.15) is 96.8 Å². The van der Waals surface area contributed by atoms with Crippen molar-refractivity contribution >= 4 is 44.2 Å². The smallest absolute Gasteiger partial charge is 0.160 e. The fourth-order valence-corrected chi connectivity index (χ4v) is 12.7. The van der Waals surface area contributed by atoms with Gasteiger partial charge in [0.25, 0.3) is 0 Å². The van der Waals surface area contributed by atoms with Gasteiger partial charge in [-0.15, -0.1) is 0 Å². The fraction of sp³-hybridized carbons (Fsp3) is 0.156. The molecule has 1 atom stereocenters. The van der Waals surface area contributed by atoms with Crippen molar-refractivity contribution in [3.63, 3.8) is 0 Å². The normalized spacial score (nSPS) is 17.8. The first-order valence-corrected chi connectivity index (χ1v) is 24.2. The van der Waals surface area contributed by atoms with Crippen LogP contribution in [0.3, 0.4) is 0 Å². The standard InChI is InChI=1S/C64H50N4/c1-62(2)33-34-63(3,4)55-38-57-49(37-54(55)62)48-35-41-19-8-9-20-42(41)36-56(48)68(57)43-31-29-40(30-32-43)60-65-59(39-17-6-5-7-18-39)66-61(67-60)47-24-16-28-53-58(47)46-23-12-15-27-52(46)64(53)50-25-13-10-21-44(50)45-22-11-14-26-51(45)64/h5-32,35-38,59H,33-34H2,1-4H3,(H,65,66,67). The van der Waals surface area contributed by atoms with E-state index in [9.17, 15) is 0 Å². The van der Waals surface area contributed by atoms with Crippen molar-refractivity contribution in [3.8, 4) is 27.9 Å².